The number of aromatic nitrogens is 1. The fourth-order valence-corrected chi connectivity index (χ4v) is 26.8. The van der Waals surface area contributed by atoms with Crippen LogP contribution in [0.25, 0.3) is 69.6 Å². The molecular formula is C117H116N4OS. The summed E-state index contributed by atoms with van der Waals surface area (Å²) in [6, 6.07) is 115. The fourth-order valence-electron chi connectivity index (χ4n) is 25.6. The van der Waals surface area contributed by atoms with E-state index in [1.165, 1.54) is 300 Å². The number of fused-ring (bicyclic) bond motifs is 15. The number of hydrogen-bond acceptors (Lipinski definition) is 5. The lowest BCUT2D eigenvalue weighted by Crippen LogP contribution is -2.12. The Kier molecular flexibility index (Phi) is 21.0. The summed E-state index contributed by atoms with van der Waals surface area (Å²) in [5, 5.41) is 7.64. The summed E-state index contributed by atoms with van der Waals surface area (Å²) < 4.78 is 11.7. The van der Waals surface area contributed by atoms with Crippen molar-refractivity contribution in [2.24, 2.45) is 35.5 Å². The smallest absolute Gasteiger partial charge is 0.159 e. The number of thiophene rings is 1. The first-order chi connectivity index (χ1) is 60.9. The average Bonchev–Trinajstić information content (AvgIpc) is 1.60. The molecule has 9 aliphatic rings. The van der Waals surface area contributed by atoms with Crippen LogP contribution in [0.15, 0.2) is 308 Å². The van der Waals surface area contributed by atoms with E-state index >= 15 is 0 Å². The quantitative estimate of drug-likeness (QED) is 0.0964. The van der Waals surface area contributed by atoms with E-state index in [1.54, 1.807) is 11.1 Å². The molecule has 9 atom stereocenters. The fraction of sp³-hybridized carbons (Fsp3) is 0.333. The zero-order chi connectivity index (χ0) is 81.3. The lowest BCUT2D eigenvalue weighted by Gasteiger charge is -2.28. The Bertz CT molecular complexity index is 6150. The maximum atomic E-state index is 6.52. The summed E-state index contributed by atoms with van der Waals surface area (Å²) in [5.74, 6) is 10.0. The first-order valence-corrected chi connectivity index (χ1v) is 48.6. The number of para-hydroxylation sites is 4. The third kappa shape index (κ3) is 14.9. The molecule has 0 spiro atoms. The second-order valence-electron chi connectivity index (χ2n) is 38.8. The molecular weight excluding hydrogens is 1510 g/mol. The third-order valence-electron chi connectivity index (χ3n) is 31.8. The molecule has 123 heavy (non-hydrogen) atoms. The average molecular weight is 1630 g/mol. The van der Waals surface area contributed by atoms with E-state index in [1.807, 2.05) is 11.3 Å². The van der Waals surface area contributed by atoms with Crippen molar-refractivity contribution in [1.29, 1.82) is 0 Å². The van der Waals surface area contributed by atoms with Crippen LogP contribution in [-0.2, 0) is 0 Å². The van der Waals surface area contributed by atoms with Gasteiger partial charge in [-0.25, -0.2) is 0 Å². The highest BCUT2D eigenvalue weighted by molar-refractivity contribution is 7.26. The van der Waals surface area contributed by atoms with Gasteiger partial charge in [-0.15, -0.1) is 11.3 Å². The largest absolute Gasteiger partial charge is 0.454 e. The number of benzene rings is 13. The van der Waals surface area contributed by atoms with Crippen LogP contribution in [0.1, 0.15) is 242 Å². The summed E-state index contributed by atoms with van der Waals surface area (Å²) in [6.07, 6.45) is 37.6. The highest BCUT2D eigenvalue weighted by atomic mass is 32.1. The SMILES string of the molecule is c1ccc(-n2c3ccccc3c3cc(N(c4ccc(C5CCCCC5)cc4)c4ccc(C5CC6CCC5C6)cc4)ccc32)cc1.c1ccc2c(c1)oc1c(N(c3ccc(C4CCCCC4)cc3)c3ccc(C4CC5CCC4C5)cc3)cccc12.c1ccc2c(c1)sc1c(N(c3ccc(C4CCCCC4)cc3)c3ccc(C4CC5CCC4C5)cc3)cccc12. The topological polar surface area (TPSA) is 27.8 Å². The molecule has 0 aliphatic heterocycles. The van der Waals surface area contributed by atoms with Gasteiger partial charge < -0.3 is 23.7 Å². The molecule has 3 heterocycles. The van der Waals surface area contributed by atoms with Crippen molar-refractivity contribution in [2.45, 2.75) is 209 Å². The molecule has 9 unspecified atom stereocenters. The Morgan fingerprint density at radius 3 is 1.11 bits per heavy atom. The first-order valence-electron chi connectivity index (χ1n) is 47.8. The zero-order valence-electron chi connectivity index (χ0n) is 71.5. The van der Waals surface area contributed by atoms with Gasteiger partial charge in [-0.05, 0) is 334 Å². The van der Waals surface area contributed by atoms with Crippen LogP contribution in [0.2, 0.25) is 0 Å². The molecule has 13 aromatic carbocycles. The molecule has 5 nitrogen and oxygen atoms in total. The van der Waals surface area contributed by atoms with Crippen molar-refractivity contribution < 1.29 is 4.42 Å². The number of rotatable bonds is 16. The molecule has 0 radical (unpaired) electrons. The van der Waals surface area contributed by atoms with Gasteiger partial charge in [0, 0.05) is 82.5 Å². The van der Waals surface area contributed by atoms with Crippen LogP contribution in [0.4, 0.5) is 51.2 Å². The Labute approximate surface area is 731 Å². The van der Waals surface area contributed by atoms with Gasteiger partial charge in [0.15, 0.2) is 5.58 Å². The predicted octanol–water partition coefficient (Wildman–Crippen LogP) is 34.7. The van der Waals surface area contributed by atoms with Gasteiger partial charge in [0.25, 0.3) is 0 Å². The van der Waals surface area contributed by atoms with Gasteiger partial charge in [-0.3, -0.25) is 0 Å². The number of nitrogens with zero attached hydrogens (tertiary/aromatic N) is 4. The monoisotopic (exact) mass is 1620 g/mol. The van der Waals surface area contributed by atoms with Gasteiger partial charge in [-0.1, -0.05) is 247 Å². The summed E-state index contributed by atoms with van der Waals surface area (Å²) in [6.45, 7) is 0. The van der Waals surface area contributed by atoms with E-state index in [9.17, 15) is 0 Å². The highest BCUT2D eigenvalue weighted by Gasteiger charge is 2.43. The van der Waals surface area contributed by atoms with E-state index in [2.05, 4.69) is 323 Å². The van der Waals surface area contributed by atoms with Crippen LogP contribution < -0.4 is 14.7 Å². The molecule has 9 saturated carbocycles. The van der Waals surface area contributed by atoms with Crippen molar-refractivity contribution in [3.63, 3.8) is 0 Å². The van der Waals surface area contributed by atoms with Crippen molar-refractivity contribution in [2.75, 3.05) is 14.7 Å². The summed E-state index contributed by atoms with van der Waals surface area (Å²) in [7, 11) is 0. The van der Waals surface area contributed by atoms with Crippen LogP contribution in [0.5, 0.6) is 0 Å². The molecule has 9 fully saturated rings. The van der Waals surface area contributed by atoms with E-state index in [0.717, 1.165) is 76.0 Å². The van der Waals surface area contributed by atoms with E-state index in [-0.39, 0.29) is 0 Å². The summed E-state index contributed by atoms with van der Waals surface area (Å²) >= 11 is 1.92. The maximum Gasteiger partial charge on any atom is 0.159 e. The highest BCUT2D eigenvalue weighted by Crippen LogP contribution is 2.57. The Balaban J connectivity index is 0.000000107. The second kappa shape index (κ2) is 33.6. The third-order valence-corrected chi connectivity index (χ3v) is 33.0. The van der Waals surface area contributed by atoms with Crippen LogP contribution in [-0.4, -0.2) is 4.57 Å². The van der Waals surface area contributed by atoms with Crippen molar-refractivity contribution >= 4 is 126 Å². The number of hydrogen-bond donors (Lipinski definition) is 0. The standard InChI is InChI=1S/C43H42N2.C37H37NO.C37H37NS/c1-3-9-31(10-4-1)32-17-21-36(22-18-32)44(37-23-19-33(20-24-37)40-28-30-15-16-34(40)27-30)38-25-26-43-41(29-38)39-13-7-8-14-42(39)45(43)35-11-5-2-6-12-35;2*1-2-7-26(8-3-1)27-15-19-30(20-16-27)38(31-21-17-28(18-22-31)34-24-25-13-14-29(34)23-25)35-11-6-10-33-32-9-4-5-12-36(32)39-37(33)35/h2,5-8,11-14,17-26,29-31,34,40H,1,3-4,9-10,15-16,27-28H2;2*4-6,9-12,15-22,25-26,29,34H,1-3,7-8,13-14,23-24H2. The number of furan rings is 1. The van der Waals surface area contributed by atoms with Gasteiger partial charge in [0.2, 0.25) is 0 Å². The molecule has 9 aliphatic carbocycles. The summed E-state index contributed by atoms with van der Waals surface area (Å²) in [5.41, 5.74) is 25.7. The lowest BCUT2D eigenvalue weighted by molar-refractivity contribution is 0.420. The van der Waals surface area contributed by atoms with Crippen molar-refractivity contribution in [3.05, 3.63) is 337 Å². The normalized spacial score (nSPS) is 22.6. The van der Waals surface area contributed by atoms with E-state index < -0.39 is 0 Å². The van der Waals surface area contributed by atoms with Gasteiger partial charge in [0.1, 0.15) is 5.58 Å². The van der Waals surface area contributed by atoms with Gasteiger partial charge in [-0.2, -0.15) is 0 Å². The van der Waals surface area contributed by atoms with Crippen molar-refractivity contribution in [3.8, 4) is 5.69 Å². The lowest BCUT2D eigenvalue weighted by atomic mass is 9.83. The molecule has 0 saturated heterocycles. The molecule has 25 rings (SSSR count). The molecule has 3 aromatic heterocycles. The predicted molar refractivity (Wildman–Crippen MR) is 520 cm³/mol. The molecule has 6 heteroatoms. The van der Waals surface area contributed by atoms with Gasteiger partial charge >= 0.3 is 0 Å². The molecule has 0 amide bonds. The van der Waals surface area contributed by atoms with Gasteiger partial charge in [0.05, 0.1) is 27.1 Å². The first kappa shape index (κ1) is 76.9. The second-order valence-corrected chi connectivity index (χ2v) is 39.9. The molecule has 0 N–H and O–H groups in total. The van der Waals surface area contributed by atoms with Crippen molar-refractivity contribution in [1.82, 2.24) is 4.57 Å². The molecule has 16 aromatic rings. The van der Waals surface area contributed by atoms with Crippen LogP contribution in [0.3, 0.4) is 0 Å². The minimum absolute atomic E-state index is 0.709. The Morgan fingerprint density at radius 2 is 0.642 bits per heavy atom. The Morgan fingerprint density at radius 1 is 0.260 bits per heavy atom. The van der Waals surface area contributed by atoms with Crippen LogP contribution in [0, 0.1) is 35.5 Å². The van der Waals surface area contributed by atoms with E-state index in [4.69, 9.17) is 4.42 Å². The maximum absolute atomic E-state index is 6.52. The molecule has 6 bridgehead atoms. The minimum Gasteiger partial charge on any atom is -0.454 e. The van der Waals surface area contributed by atoms with E-state index in [0.29, 0.717) is 11.8 Å². The molecule has 616 valence electrons. The Hall–Kier alpha value is -10.9. The summed E-state index contributed by atoms with van der Waals surface area (Å²) in [4.78, 5) is 7.39. The van der Waals surface area contributed by atoms with Crippen LogP contribution >= 0.6 is 11.3 Å². The number of anilines is 9. The zero-order valence-corrected chi connectivity index (χ0v) is 72.3. The minimum atomic E-state index is 0.709.